The molecule has 0 aliphatic heterocycles. The lowest BCUT2D eigenvalue weighted by Crippen LogP contribution is -2.28. The van der Waals surface area contributed by atoms with E-state index in [0.717, 1.165) is 0 Å². The summed E-state index contributed by atoms with van der Waals surface area (Å²) in [4.78, 5) is 12.3. The van der Waals surface area contributed by atoms with E-state index in [9.17, 15) is 4.79 Å². The highest BCUT2D eigenvalue weighted by atomic mass is 35.5. The zero-order chi connectivity index (χ0) is 16.7. The third-order valence-corrected chi connectivity index (χ3v) is 3.38. The lowest BCUT2D eigenvalue weighted by Gasteiger charge is -2.13. The Labute approximate surface area is 140 Å². The fourth-order valence-electron chi connectivity index (χ4n) is 2.03. The molecule has 122 valence electrons. The van der Waals surface area contributed by atoms with Gasteiger partial charge in [0.25, 0.3) is 5.91 Å². The molecule has 2 aromatic carbocycles. The Morgan fingerprint density at radius 2 is 1.65 bits per heavy atom. The lowest BCUT2D eigenvalue weighted by atomic mass is 10.1. The van der Waals surface area contributed by atoms with Gasteiger partial charge in [0, 0.05) is 5.02 Å². The fourth-order valence-corrected chi connectivity index (χ4v) is 2.15. The Kier molecular flexibility index (Phi) is 6.11. The molecule has 1 amide bonds. The molecule has 0 spiro atoms. The highest BCUT2D eigenvalue weighted by molar-refractivity contribution is 6.30. The Hall–Kier alpha value is -2.40. The number of ether oxygens (including phenoxy) is 3. The Bertz CT molecular complexity index is 636. The third-order valence-electron chi connectivity index (χ3n) is 3.12. The summed E-state index contributed by atoms with van der Waals surface area (Å²) in [7, 11) is 3.02. The van der Waals surface area contributed by atoms with Crippen LogP contribution in [0, 0.1) is 0 Å². The van der Waals surface area contributed by atoms with Gasteiger partial charge in [0.2, 0.25) is 0 Å². The number of hydrogen-bond acceptors (Lipinski definition) is 4. The summed E-state index contributed by atoms with van der Waals surface area (Å²) >= 11 is 5.80. The molecule has 0 heterocycles. The van der Waals surface area contributed by atoms with E-state index >= 15 is 0 Å². The average Bonchev–Trinajstić information content (AvgIpc) is 2.59. The van der Waals surface area contributed by atoms with Crippen molar-refractivity contribution in [2.24, 2.45) is 0 Å². The van der Waals surface area contributed by atoms with Crippen molar-refractivity contribution >= 4 is 17.5 Å². The van der Waals surface area contributed by atoms with Gasteiger partial charge in [-0.15, -0.1) is 0 Å². The van der Waals surface area contributed by atoms with Crippen molar-refractivity contribution in [3.05, 3.63) is 53.1 Å². The van der Waals surface area contributed by atoms with Crippen LogP contribution in [0.4, 0.5) is 0 Å². The molecule has 0 aromatic heterocycles. The molecule has 5 nitrogen and oxygen atoms in total. The predicted molar refractivity (Wildman–Crippen MR) is 88.8 cm³/mol. The van der Waals surface area contributed by atoms with Gasteiger partial charge in [0.15, 0.2) is 0 Å². The molecule has 6 heteroatoms. The number of carbonyl (C=O) groups is 1. The van der Waals surface area contributed by atoms with E-state index in [1.54, 1.807) is 42.5 Å². The summed E-state index contributed by atoms with van der Waals surface area (Å²) in [5.74, 6) is 1.33. The first-order chi connectivity index (χ1) is 11.2. The maximum Gasteiger partial charge on any atom is 0.258 e. The number of amides is 1. The minimum atomic E-state index is -0.279. The highest BCUT2D eigenvalue weighted by Gasteiger charge is 2.17. The molecular weight excluding hydrogens is 318 g/mol. The van der Waals surface area contributed by atoms with Gasteiger partial charge in [-0.3, -0.25) is 4.79 Å². The first-order valence-corrected chi connectivity index (χ1v) is 7.41. The second kappa shape index (κ2) is 8.29. The second-order valence-electron chi connectivity index (χ2n) is 4.60. The van der Waals surface area contributed by atoms with Crippen molar-refractivity contribution in [2.45, 2.75) is 0 Å². The summed E-state index contributed by atoms with van der Waals surface area (Å²) in [5.41, 5.74) is 0.365. The van der Waals surface area contributed by atoms with Gasteiger partial charge in [0.1, 0.15) is 29.4 Å². The van der Waals surface area contributed by atoms with Gasteiger partial charge in [-0.1, -0.05) is 17.7 Å². The molecule has 0 bridgehead atoms. The Morgan fingerprint density at radius 3 is 2.22 bits per heavy atom. The van der Waals surface area contributed by atoms with Gasteiger partial charge < -0.3 is 19.5 Å². The van der Waals surface area contributed by atoms with Gasteiger partial charge in [-0.2, -0.15) is 0 Å². The minimum Gasteiger partial charge on any atom is -0.496 e. The SMILES string of the molecule is COc1cccc(OC)c1C(=O)NCCOc1ccc(Cl)cc1. The molecule has 0 radical (unpaired) electrons. The zero-order valence-electron chi connectivity index (χ0n) is 13.0. The Morgan fingerprint density at radius 1 is 1.04 bits per heavy atom. The highest BCUT2D eigenvalue weighted by Crippen LogP contribution is 2.27. The third kappa shape index (κ3) is 4.53. The van der Waals surface area contributed by atoms with E-state index in [2.05, 4.69) is 5.32 Å². The van der Waals surface area contributed by atoms with Crippen LogP contribution in [0.1, 0.15) is 10.4 Å². The number of rotatable bonds is 7. The molecule has 0 aliphatic carbocycles. The van der Waals surface area contributed by atoms with Crippen LogP contribution in [-0.2, 0) is 0 Å². The number of halogens is 1. The van der Waals surface area contributed by atoms with E-state index in [1.807, 2.05) is 0 Å². The van der Waals surface area contributed by atoms with Crippen molar-refractivity contribution in [3.8, 4) is 17.2 Å². The fraction of sp³-hybridized carbons (Fsp3) is 0.235. The normalized spacial score (nSPS) is 10.0. The summed E-state index contributed by atoms with van der Waals surface area (Å²) in [6.07, 6.45) is 0. The first-order valence-electron chi connectivity index (χ1n) is 7.03. The molecular formula is C17H18ClNO4. The molecule has 2 aromatic rings. The van der Waals surface area contributed by atoms with Gasteiger partial charge in [0.05, 0.1) is 20.8 Å². The van der Waals surface area contributed by atoms with Crippen LogP contribution < -0.4 is 19.5 Å². The molecule has 23 heavy (non-hydrogen) atoms. The molecule has 2 rings (SSSR count). The summed E-state index contributed by atoms with van der Waals surface area (Å²) in [6.45, 7) is 0.688. The molecule has 0 saturated heterocycles. The van der Waals surface area contributed by atoms with Crippen LogP contribution in [0.2, 0.25) is 5.02 Å². The van der Waals surface area contributed by atoms with E-state index in [1.165, 1.54) is 14.2 Å². The topological polar surface area (TPSA) is 56.8 Å². The van der Waals surface area contributed by atoms with Crippen LogP contribution in [0.5, 0.6) is 17.2 Å². The molecule has 0 fully saturated rings. The predicted octanol–water partition coefficient (Wildman–Crippen LogP) is 3.17. The van der Waals surface area contributed by atoms with Crippen LogP contribution in [0.3, 0.4) is 0 Å². The summed E-state index contributed by atoms with van der Waals surface area (Å²) in [5, 5.41) is 3.43. The van der Waals surface area contributed by atoms with Crippen LogP contribution in [-0.4, -0.2) is 33.3 Å². The van der Waals surface area contributed by atoms with Crippen molar-refractivity contribution in [3.63, 3.8) is 0 Å². The Balaban J connectivity index is 1.91. The lowest BCUT2D eigenvalue weighted by molar-refractivity contribution is 0.0940. The molecule has 0 unspecified atom stereocenters. The first kappa shape index (κ1) is 17.0. The molecule has 0 aliphatic rings. The molecule has 0 saturated carbocycles. The molecule has 0 atom stereocenters. The summed E-state index contributed by atoms with van der Waals surface area (Å²) in [6, 6.07) is 12.2. The number of hydrogen-bond donors (Lipinski definition) is 1. The van der Waals surface area contributed by atoms with E-state index < -0.39 is 0 Å². The quantitative estimate of drug-likeness (QED) is 0.790. The summed E-state index contributed by atoms with van der Waals surface area (Å²) < 4.78 is 15.9. The monoisotopic (exact) mass is 335 g/mol. The number of methoxy groups -OCH3 is 2. The van der Waals surface area contributed by atoms with Crippen molar-refractivity contribution < 1.29 is 19.0 Å². The standard InChI is InChI=1S/C17H18ClNO4/c1-21-14-4-3-5-15(22-2)16(14)17(20)19-10-11-23-13-8-6-12(18)7-9-13/h3-9H,10-11H2,1-2H3,(H,19,20). The number of benzene rings is 2. The minimum absolute atomic E-state index is 0.279. The van der Waals surface area contributed by atoms with Gasteiger partial charge in [-0.05, 0) is 36.4 Å². The smallest absolute Gasteiger partial charge is 0.258 e. The van der Waals surface area contributed by atoms with Crippen LogP contribution in [0.25, 0.3) is 0 Å². The van der Waals surface area contributed by atoms with Crippen molar-refractivity contribution in [2.75, 3.05) is 27.4 Å². The van der Waals surface area contributed by atoms with Crippen LogP contribution in [0.15, 0.2) is 42.5 Å². The average molecular weight is 336 g/mol. The maximum atomic E-state index is 12.3. The maximum absolute atomic E-state index is 12.3. The van der Waals surface area contributed by atoms with Crippen LogP contribution >= 0.6 is 11.6 Å². The zero-order valence-corrected chi connectivity index (χ0v) is 13.7. The van der Waals surface area contributed by atoms with Gasteiger partial charge in [-0.25, -0.2) is 0 Å². The number of carbonyl (C=O) groups excluding carboxylic acids is 1. The largest absolute Gasteiger partial charge is 0.496 e. The van der Waals surface area contributed by atoms with Crippen molar-refractivity contribution in [1.82, 2.24) is 5.32 Å². The van der Waals surface area contributed by atoms with E-state index in [-0.39, 0.29) is 5.91 Å². The number of nitrogens with one attached hydrogen (secondary N) is 1. The second-order valence-corrected chi connectivity index (χ2v) is 5.03. The van der Waals surface area contributed by atoms with Crippen molar-refractivity contribution in [1.29, 1.82) is 0 Å². The van der Waals surface area contributed by atoms with E-state index in [4.69, 9.17) is 25.8 Å². The van der Waals surface area contributed by atoms with E-state index in [0.29, 0.717) is 41.0 Å². The van der Waals surface area contributed by atoms with Gasteiger partial charge >= 0.3 is 0 Å². The molecule has 1 N–H and O–H groups in total.